The number of nitrogens with zero attached hydrogens (tertiary/aromatic N) is 2. The number of amides is 1. The first kappa shape index (κ1) is 16.4. The molecule has 6 nitrogen and oxygen atoms in total. The van der Waals surface area contributed by atoms with Crippen LogP contribution in [0.4, 0.5) is 5.69 Å². The van der Waals surface area contributed by atoms with E-state index in [4.69, 9.17) is 0 Å². The summed E-state index contributed by atoms with van der Waals surface area (Å²) in [5, 5.41) is 15.1. The van der Waals surface area contributed by atoms with Gasteiger partial charge in [0.2, 0.25) is 0 Å². The van der Waals surface area contributed by atoms with E-state index >= 15 is 0 Å². The molecule has 1 amide bonds. The topological polar surface area (TPSA) is 84.6 Å². The lowest BCUT2D eigenvalue weighted by molar-refractivity contribution is -0.385. The summed E-state index contributed by atoms with van der Waals surface area (Å²) in [6.45, 7) is 3.92. The third kappa shape index (κ3) is 4.00. The summed E-state index contributed by atoms with van der Waals surface area (Å²) in [4.78, 5) is 22.6. The molecule has 0 saturated carbocycles. The fraction of sp³-hybridized carbons (Fsp3) is 0.176. The van der Waals surface area contributed by atoms with Gasteiger partial charge in [0, 0.05) is 6.07 Å². The average Bonchev–Trinajstić information content (AvgIpc) is 2.55. The standard InChI is InChI=1S/C17H17N3O3/c1-12(2)16(13-8-4-3-5-9-13)18-19-17(21)14-10-6-7-11-15(14)20(22)23/h3-12H,1-2H3,(H,19,21). The van der Waals surface area contributed by atoms with Crippen molar-refractivity contribution in [2.24, 2.45) is 11.0 Å². The van der Waals surface area contributed by atoms with Gasteiger partial charge in [0.1, 0.15) is 5.56 Å². The van der Waals surface area contributed by atoms with Crippen molar-refractivity contribution in [3.8, 4) is 0 Å². The molecule has 0 spiro atoms. The summed E-state index contributed by atoms with van der Waals surface area (Å²) in [7, 11) is 0. The molecule has 118 valence electrons. The van der Waals surface area contributed by atoms with Crippen LogP contribution in [0.25, 0.3) is 0 Å². The molecule has 0 aliphatic rings. The van der Waals surface area contributed by atoms with Gasteiger partial charge in [0.05, 0.1) is 10.6 Å². The largest absolute Gasteiger partial charge is 0.282 e. The molecule has 2 rings (SSSR count). The molecule has 0 unspecified atom stereocenters. The number of nitro groups is 1. The fourth-order valence-electron chi connectivity index (χ4n) is 2.13. The summed E-state index contributed by atoms with van der Waals surface area (Å²) < 4.78 is 0. The van der Waals surface area contributed by atoms with Gasteiger partial charge in [-0.3, -0.25) is 14.9 Å². The van der Waals surface area contributed by atoms with E-state index in [2.05, 4.69) is 10.5 Å². The lowest BCUT2D eigenvalue weighted by Gasteiger charge is -2.10. The van der Waals surface area contributed by atoms with Gasteiger partial charge in [0.25, 0.3) is 11.6 Å². The quantitative estimate of drug-likeness (QED) is 0.522. The van der Waals surface area contributed by atoms with Gasteiger partial charge < -0.3 is 0 Å². The monoisotopic (exact) mass is 311 g/mol. The molecular weight excluding hydrogens is 294 g/mol. The third-order valence-corrected chi connectivity index (χ3v) is 3.24. The number of carbonyl (C=O) groups is 1. The van der Waals surface area contributed by atoms with Crippen molar-refractivity contribution in [1.82, 2.24) is 5.43 Å². The molecule has 0 aliphatic carbocycles. The highest BCUT2D eigenvalue weighted by Gasteiger charge is 2.19. The summed E-state index contributed by atoms with van der Waals surface area (Å²) in [6.07, 6.45) is 0. The van der Waals surface area contributed by atoms with E-state index in [9.17, 15) is 14.9 Å². The van der Waals surface area contributed by atoms with E-state index in [-0.39, 0.29) is 17.2 Å². The number of carbonyl (C=O) groups excluding carboxylic acids is 1. The number of benzene rings is 2. The van der Waals surface area contributed by atoms with Crippen LogP contribution in [0.5, 0.6) is 0 Å². The number of rotatable bonds is 5. The second-order valence-electron chi connectivity index (χ2n) is 5.23. The first-order valence-corrected chi connectivity index (χ1v) is 7.17. The minimum atomic E-state index is -0.605. The Kier molecular flexibility index (Phi) is 5.19. The SMILES string of the molecule is CC(C)C(=NNC(=O)c1ccccc1[N+](=O)[O-])c1ccccc1. The lowest BCUT2D eigenvalue weighted by Crippen LogP contribution is -2.23. The Hall–Kier alpha value is -3.02. The number of hydrogen-bond acceptors (Lipinski definition) is 4. The molecule has 0 atom stereocenters. The molecule has 0 fully saturated rings. The van der Waals surface area contributed by atoms with E-state index in [0.29, 0.717) is 5.71 Å². The Morgan fingerprint density at radius 1 is 1.09 bits per heavy atom. The van der Waals surface area contributed by atoms with Crippen LogP contribution in [0.1, 0.15) is 29.8 Å². The highest BCUT2D eigenvalue weighted by atomic mass is 16.6. The van der Waals surface area contributed by atoms with Gasteiger partial charge in [-0.2, -0.15) is 5.10 Å². The summed E-state index contributed by atoms with van der Waals surface area (Å²) in [5.41, 5.74) is 3.76. The zero-order valence-electron chi connectivity index (χ0n) is 12.9. The molecular formula is C17H17N3O3. The van der Waals surface area contributed by atoms with Crippen LogP contribution in [-0.4, -0.2) is 16.5 Å². The molecule has 0 saturated heterocycles. The molecule has 2 aromatic carbocycles. The Labute approximate surface area is 134 Å². The van der Waals surface area contributed by atoms with Gasteiger partial charge in [0.15, 0.2) is 0 Å². The van der Waals surface area contributed by atoms with Gasteiger partial charge in [-0.15, -0.1) is 0 Å². The molecule has 0 bridgehead atoms. The van der Waals surface area contributed by atoms with Crippen molar-refractivity contribution < 1.29 is 9.72 Å². The van der Waals surface area contributed by atoms with Crippen molar-refractivity contribution in [2.75, 3.05) is 0 Å². The van der Waals surface area contributed by atoms with Crippen LogP contribution in [0.2, 0.25) is 0 Å². The molecule has 23 heavy (non-hydrogen) atoms. The van der Waals surface area contributed by atoms with Gasteiger partial charge in [-0.05, 0) is 17.5 Å². The highest BCUT2D eigenvalue weighted by Crippen LogP contribution is 2.17. The number of nitro benzene ring substituents is 1. The molecule has 6 heteroatoms. The number of para-hydroxylation sites is 1. The smallest absolute Gasteiger partial charge is 0.267 e. The third-order valence-electron chi connectivity index (χ3n) is 3.24. The van der Waals surface area contributed by atoms with E-state index in [1.54, 1.807) is 6.07 Å². The molecule has 0 aromatic heterocycles. The molecule has 2 aromatic rings. The van der Waals surface area contributed by atoms with E-state index < -0.39 is 10.8 Å². The van der Waals surface area contributed by atoms with Crippen molar-refractivity contribution in [3.05, 3.63) is 75.8 Å². The maximum absolute atomic E-state index is 12.2. The highest BCUT2D eigenvalue weighted by molar-refractivity contribution is 6.04. The number of hydrazone groups is 1. The predicted octanol–water partition coefficient (Wildman–Crippen LogP) is 3.38. The Bertz CT molecular complexity index is 740. The number of hydrogen-bond donors (Lipinski definition) is 1. The minimum Gasteiger partial charge on any atom is -0.267 e. The summed E-state index contributed by atoms with van der Waals surface area (Å²) in [6, 6.07) is 15.3. The van der Waals surface area contributed by atoms with E-state index in [1.807, 2.05) is 44.2 Å². The fourth-order valence-corrected chi connectivity index (χ4v) is 2.13. The van der Waals surface area contributed by atoms with Crippen LogP contribution in [0, 0.1) is 16.0 Å². The zero-order valence-corrected chi connectivity index (χ0v) is 12.9. The van der Waals surface area contributed by atoms with Crippen LogP contribution < -0.4 is 5.43 Å². The Balaban J connectivity index is 2.27. The molecule has 0 radical (unpaired) electrons. The van der Waals surface area contributed by atoms with Crippen LogP contribution in [0.15, 0.2) is 59.7 Å². The van der Waals surface area contributed by atoms with Gasteiger partial charge in [-0.25, -0.2) is 5.43 Å². The summed E-state index contributed by atoms with van der Waals surface area (Å²) in [5.74, 6) is -0.519. The molecule has 0 aliphatic heterocycles. The van der Waals surface area contributed by atoms with Crippen LogP contribution in [0.3, 0.4) is 0 Å². The molecule has 0 heterocycles. The summed E-state index contributed by atoms with van der Waals surface area (Å²) >= 11 is 0. The van der Waals surface area contributed by atoms with Crippen molar-refractivity contribution in [3.63, 3.8) is 0 Å². The van der Waals surface area contributed by atoms with Crippen molar-refractivity contribution >= 4 is 17.3 Å². The van der Waals surface area contributed by atoms with Gasteiger partial charge in [-0.1, -0.05) is 56.3 Å². The maximum Gasteiger partial charge on any atom is 0.282 e. The van der Waals surface area contributed by atoms with Gasteiger partial charge >= 0.3 is 0 Å². The van der Waals surface area contributed by atoms with Crippen LogP contribution in [-0.2, 0) is 0 Å². The molecule has 1 N–H and O–H groups in total. The van der Waals surface area contributed by atoms with E-state index in [1.165, 1.54) is 18.2 Å². The predicted molar refractivity (Wildman–Crippen MR) is 88.4 cm³/mol. The Morgan fingerprint density at radius 3 is 2.30 bits per heavy atom. The number of nitrogens with one attached hydrogen (secondary N) is 1. The Morgan fingerprint density at radius 2 is 1.70 bits per heavy atom. The second kappa shape index (κ2) is 7.31. The van der Waals surface area contributed by atoms with E-state index in [0.717, 1.165) is 5.56 Å². The lowest BCUT2D eigenvalue weighted by atomic mass is 10.0. The zero-order chi connectivity index (χ0) is 16.8. The second-order valence-corrected chi connectivity index (χ2v) is 5.23. The minimum absolute atomic E-state index is 0.0163. The van der Waals surface area contributed by atoms with Crippen molar-refractivity contribution in [1.29, 1.82) is 0 Å². The van der Waals surface area contributed by atoms with Crippen LogP contribution >= 0.6 is 0 Å². The normalized spacial score (nSPS) is 11.3. The maximum atomic E-state index is 12.2. The first-order chi connectivity index (χ1) is 11.0. The average molecular weight is 311 g/mol. The first-order valence-electron chi connectivity index (χ1n) is 7.17. The van der Waals surface area contributed by atoms with Crippen molar-refractivity contribution in [2.45, 2.75) is 13.8 Å².